The number of ketones is 1. The predicted octanol–water partition coefficient (Wildman–Crippen LogP) is 2.17. The summed E-state index contributed by atoms with van der Waals surface area (Å²) in [5.74, 6) is 0.380. The Hall–Kier alpha value is -0.370. The second-order valence-electron chi connectivity index (χ2n) is 3.82. The molecule has 1 aliphatic heterocycles. The molecule has 2 heteroatoms. The Morgan fingerprint density at radius 1 is 1.58 bits per heavy atom. The Bertz CT molecular complexity index is 167. The van der Waals surface area contributed by atoms with E-state index in [-0.39, 0.29) is 11.7 Å². The van der Waals surface area contributed by atoms with Crippen LogP contribution in [0.1, 0.15) is 40.0 Å². The van der Waals surface area contributed by atoms with Crippen LogP contribution in [0.15, 0.2) is 0 Å². The number of carbonyl (C=O) groups excluding carboxylic acids is 1. The third-order valence-corrected chi connectivity index (χ3v) is 2.65. The fourth-order valence-electron chi connectivity index (χ4n) is 1.87. The first-order valence-corrected chi connectivity index (χ1v) is 4.80. The fourth-order valence-corrected chi connectivity index (χ4v) is 1.87. The SMILES string of the molecule is CC[C@@]1(C(=O)C(C)C)CCCO1. The summed E-state index contributed by atoms with van der Waals surface area (Å²) in [6.07, 6.45) is 2.77. The first-order chi connectivity index (χ1) is 5.62. The molecule has 70 valence electrons. The van der Waals surface area contributed by atoms with Crippen molar-refractivity contribution in [1.29, 1.82) is 0 Å². The van der Waals surface area contributed by atoms with E-state index in [4.69, 9.17) is 4.74 Å². The van der Waals surface area contributed by atoms with E-state index >= 15 is 0 Å². The largest absolute Gasteiger partial charge is 0.367 e. The van der Waals surface area contributed by atoms with Crippen LogP contribution in [-0.4, -0.2) is 18.0 Å². The normalized spacial score (nSPS) is 29.7. The highest BCUT2D eigenvalue weighted by Crippen LogP contribution is 2.32. The van der Waals surface area contributed by atoms with Crippen molar-refractivity contribution in [2.75, 3.05) is 6.61 Å². The number of rotatable bonds is 3. The molecule has 1 heterocycles. The number of Topliss-reactive ketones (excluding diaryl/α,β-unsaturated/α-hetero) is 1. The highest BCUT2D eigenvalue weighted by Gasteiger charge is 2.41. The topological polar surface area (TPSA) is 26.3 Å². The molecule has 1 rings (SSSR count). The molecule has 0 aromatic carbocycles. The van der Waals surface area contributed by atoms with E-state index in [1.807, 2.05) is 20.8 Å². The summed E-state index contributed by atoms with van der Waals surface area (Å²) < 4.78 is 5.56. The quantitative estimate of drug-likeness (QED) is 0.649. The summed E-state index contributed by atoms with van der Waals surface area (Å²) in [4.78, 5) is 11.8. The van der Waals surface area contributed by atoms with E-state index in [2.05, 4.69) is 0 Å². The number of carbonyl (C=O) groups is 1. The molecule has 0 aliphatic carbocycles. The molecule has 1 aliphatic rings. The molecule has 0 aromatic rings. The van der Waals surface area contributed by atoms with Gasteiger partial charge < -0.3 is 4.74 Å². The lowest BCUT2D eigenvalue weighted by atomic mass is 9.86. The van der Waals surface area contributed by atoms with Crippen molar-refractivity contribution in [3.8, 4) is 0 Å². The minimum Gasteiger partial charge on any atom is -0.367 e. The van der Waals surface area contributed by atoms with Gasteiger partial charge in [0.1, 0.15) is 5.60 Å². The molecule has 0 unspecified atom stereocenters. The van der Waals surface area contributed by atoms with Gasteiger partial charge in [0.2, 0.25) is 0 Å². The smallest absolute Gasteiger partial charge is 0.167 e. The van der Waals surface area contributed by atoms with Crippen molar-refractivity contribution in [2.45, 2.75) is 45.6 Å². The van der Waals surface area contributed by atoms with Crippen LogP contribution in [0.3, 0.4) is 0 Å². The van der Waals surface area contributed by atoms with Gasteiger partial charge >= 0.3 is 0 Å². The third kappa shape index (κ3) is 1.53. The third-order valence-electron chi connectivity index (χ3n) is 2.65. The average Bonchev–Trinajstić information content (AvgIpc) is 2.52. The van der Waals surface area contributed by atoms with Crippen molar-refractivity contribution in [2.24, 2.45) is 5.92 Å². The average molecular weight is 170 g/mol. The predicted molar refractivity (Wildman–Crippen MR) is 48.1 cm³/mol. The van der Waals surface area contributed by atoms with Crippen LogP contribution in [-0.2, 0) is 9.53 Å². The van der Waals surface area contributed by atoms with E-state index in [1.54, 1.807) is 0 Å². The first-order valence-electron chi connectivity index (χ1n) is 4.80. The van der Waals surface area contributed by atoms with Crippen molar-refractivity contribution < 1.29 is 9.53 Å². The van der Waals surface area contributed by atoms with Gasteiger partial charge in [-0.25, -0.2) is 0 Å². The highest BCUT2D eigenvalue weighted by molar-refractivity contribution is 5.89. The van der Waals surface area contributed by atoms with Gasteiger partial charge in [-0.05, 0) is 19.3 Å². The number of hydrogen-bond acceptors (Lipinski definition) is 2. The Kier molecular flexibility index (Phi) is 2.89. The molecule has 0 spiro atoms. The van der Waals surface area contributed by atoms with Crippen LogP contribution >= 0.6 is 0 Å². The van der Waals surface area contributed by atoms with Crippen LogP contribution in [0, 0.1) is 5.92 Å². The van der Waals surface area contributed by atoms with Crippen molar-refractivity contribution in [3.63, 3.8) is 0 Å². The molecule has 12 heavy (non-hydrogen) atoms. The molecular formula is C10H18O2. The van der Waals surface area contributed by atoms with E-state index in [0.717, 1.165) is 25.9 Å². The molecule has 0 N–H and O–H groups in total. The number of hydrogen-bond donors (Lipinski definition) is 0. The molecule has 0 saturated carbocycles. The van der Waals surface area contributed by atoms with Crippen molar-refractivity contribution in [1.82, 2.24) is 0 Å². The Labute approximate surface area is 74.3 Å². The molecule has 2 nitrogen and oxygen atoms in total. The molecule has 1 fully saturated rings. The van der Waals surface area contributed by atoms with Crippen LogP contribution in [0.2, 0.25) is 0 Å². The summed E-state index contributed by atoms with van der Waals surface area (Å²) in [7, 11) is 0. The zero-order valence-corrected chi connectivity index (χ0v) is 8.22. The van der Waals surface area contributed by atoms with Crippen molar-refractivity contribution in [3.05, 3.63) is 0 Å². The van der Waals surface area contributed by atoms with Gasteiger partial charge in [-0.15, -0.1) is 0 Å². The second-order valence-corrected chi connectivity index (χ2v) is 3.82. The monoisotopic (exact) mass is 170 g/mol. The van der Waals surface area contributed by atoms with Gasteiger partial charge in [0, 0.05) is 12.5 Å². The van der Waals surface area contributed by atoms with E-state index < -0.39 is 5.60 Å². The van der Waals surface area contributed by atoms with Gasteiger partial charge in [0.05, 0.1) is 0 Å². The van der Waals surface area contributed by atoms with Gasteiger partial charge in [0.25, 0.3) is 0 Å². The molecule has 1 atom stereocenters. The molecule has 1 saturated heterocycles. The summed E-state index contributed by atoms with van der Waals surface area (Å²) in [5.41, 5.74) is -0.422. The Morgan fingerprint density at radius 2 is 2.25 bits per heavy atom. The summed E-state index contributed by atoms with van der Waals surface area (Å²) in [6, 6.07) is 0. The fraction of sp³-hybridized carbons (Fsp3) is 0.900. The van der Waals surface area contributed by atoms with Crippen LogP contribution in [0.5, 0.6) is 0 Å². The molecule has 0 radical (unpaired) electrons. The summed E-state index contributed by atoms with van der Waals surface area (Å²) in [6.45, 7) is 6.68. The van der Waals surface area contributed by atoms with Crippen LogP contribution < -0.4 is 0 Å². The van der Waals surface area contributed by atoms with Gasteiger partial charge in [-0.1, -0.05) is 20.8 Å². The Balaban J connectivity index is 2.72. The molecule has 0 amide bonds. The van der Waals surface area contributed by atoms with Crippen LogP contribution in [0.4, 0.5) is 0 Å². The minimum absolute atomic E-state index is 0.100. The lowest BCUT2D eigenvalue weighted by Crippen LogP contribution is -2.40. The highest BCUT2D eigenvalue weighted by atomic mass is 16.5. The second kappa shape index (κ2) is 3.56. The summed E-state index contributed by atoms with van der Waals surface area (Å²) >= 11 is 0. The van der Waals surface area contributed by atoms with Gasteiger partial charge in [0.15, 0.2) is 5.78 Å². The summed E-state index contributed by atoms with van der Waals surface area (Å²) in [5, 5.41) is 0. The van der Waals surface area contributed by atoms with E-state index in [1.165, 1.54) is 0 Å². The minimum atomic E-state index is -0.422. The molecular weight excluding hydrogens is 152 g/mol. The maximum Gasteiger partial charge on any atom is 0.167 e. The van der Waals surface area contributed by atoms with E-state index in [9.17, 15) is 4.79 Å². The maximum absolute atomic E-state index is 11.8. The first kappa shape index (κ1) is 9.72. The van der Waals surface area contributed by atoms with E-state index in [0.29, 0.717) is 0 Å². The zero-order chi connectivity index (χ0) is 9.19. The van der Waals surface area contributed by atoms with Crippen LogP contribution in [0.25, 0.3) is 0 Å². The maximum atomic E-state index is 11.8. The molecule has 0 aromatic heterocycles. The zero-order valence-electron chi connectivity index (χ0n) is 8.22. The lowest BCUT2D eigenvalue weighted by Gasteiger charge is -2.26. The van der Waals surface area contributed by atoms with Gasteiger partial charge in [-0.2, -0.15) is 0 Å². The van der Waals surface area contributed by atoms with Crippen molar-refractivity contribution >= 4 is 5.78 Å². The lowest BCUT2D eigenvalue weighted by molar-refractivity contribution is -0.142. The standard InChI is InChI=1S/C10H18O2/c1-4-10(6-5-7-12-10)9(11)8(2)3/h8H,4-7H2,1-3H3/t10-/m0/s1. The Morgan fingerprint density at radius 3 is 2.58 bits per heavy atom. The van der Waals surface area contributed by atoms with Gasteiger partial charge in [-0.3, -0.25) is 4.79 Å². The number of ether oxygens (including phenoxy) is 1. The molecule has 0 bridgehead atoms.